The third-order valence-electron chi connectivity index (χ3n) is 3.07. The molecule has 0 saturated carbocycles. The second kappa shape index (κ2) is 4.69. The van der Waals surface area contributed by atoms with Crippen molar-refractivity contribution in [3.8, 4) is 0 Å². The predicted molar refractivity (Wildman–Crippen MR) is 65.2 cm³/mol. The largest absolute Gasteiger partial charge is 0.342 e. The Morgan fingerprint density at radius 3 is 2.62 bits per heavy atom. The van der Waals surface area contributed by atoms with Crippen LogP contribution in [0.3, 0.4) is 0 Å². The molecule has 1 aliphatic heterocycles. The summed E-state index contributed by atoms with van der Waals surface area (Å²) < 4.78 is 0. The number of benzene rings is 1. The van der Waals surface area contributed by atoms with Crippen molar-refractivity contribution in [2.45, 2.75) is 26.2 Å². The SMILES string of the molecule is CC(C)CN1CC(c2ccccc2)CC1=O. The highest BCUT2D eigenvalue weighted by atomic mass is 16.2. The first-order valence-corrected chi connectivity index (χ1v) is 5.99. The van der Waals surface area contributed by atoms with Crippen molar-refractivity contribution in [2.24, 2.45) is 5.92 Å². The fraction of sp³-hybridized carbons (Fsp3) is 0.500. The van der Waals surface area contributed by atoms with Crippen molar-refractivity contribution in [1.82, 2.24) is 4.90 Å². The first-order valence-electron chi connectivity index (χ1n) is 5.99. The van der Waals surface area contributed by atoms with Crippen LogP contribution in [0.1, 0.15) is 31.7 Å². The minimum atomic E-state index is 0.308. The maximum atomic E-state index is 11.8. The van der Waals surface area contributed by atoms with Crippen molar-refractivity contribution in [2.75, 3.05) is 13.1 Å². The van der Waals surface area contributed by atoms with Crippen LogP contribution in [-0.2, 0) is 4.79 Å². The average molecular weight is 217 g/mol. The van der Waals surface area contributed by atoms with Crippen molar-refractivity contribution in [3.63, 3.8) is 0 Å². The Balaban J connectivity index is 2.04. The number of hydrogen-bond acceptors (Lipinski definition) is 1. The van der Waals surface area contributed by atoms with E-state index in [1.807, 2.05) is 23.1 Å². The van der Waals surface area contributed by atoms with Crippen LogP contribution >= 0.6 is 0 Å². The smallest absolute Gasteiger partial charge is 0.223 e. The van der Waals surface area contributed by atoms with Crippen LogP contribution in [-0.4, -0.2) is 23.9 Å². The average Bonchev–Trinajstić information content (AvgIpc) is 2.61. The Kier molecular flexibility index (Phi) is 3.28. The van der Waals surface area contributed by atoms with Crippen LogP contribution in [0.15, 0.2) is 30.3 Å². The lowest BCUT2D eigenvalue weighted by Crippen LogP contribution is -2.28. The summed E-state index contributed by atoms with van der Waals surface area (Å²) in [5, 5.41) is 0. The number of hydrogen-bond donors (Lipinski definition) is 0. The first-order chi connectivity index (χ1) is 7.66. The molecule has 16 heavy (non-hydrogen) atoms. The summed E-state index contributed by atoms with van der Waals surface area (Å²) >= 11 is 0. The van der Waals surface area contributed by atoms with Crippen LogP contribution in [0.2, 0.25) is 0 Å². The van der Waals surface area contributed by atoms with E-state index in [4.69, 9.17) is 0 Å². The van der Waals surface area contributed by atoms with Gasteiger partial charge < -0.3 is 4.90 Å². The van der Waals surface area contributed by atoms with Crippen LogP contribution in [0.5, 0.6) is 0 Å². The van der Waals surface area contributed by atoms with E-state index in [1.165, 1.54) is 5.56 Å². The van der Waals surface area contributed by atoms with Crippen LogP contribution in [0.4, 0.5) is 0 Å². The molecular formula is C14H19NO. The van der Waals surface area contributed by atoms with Crippen LogP contribution < -0.4 is 0 Å². The van der Waals surface area contributed by atoms with Crippen LogP contribution in [0, 0.1) is 5.92 Å². The summed E-state index contributed by atoms with van der Waals surface area (Å²) in [5.74, 6) is 1.26. The normalized spacial score (nSPS) is 20.8. The molecule has 0 aliphatic carbocycles. The predicted octanol–water partition coefficient (Wildman–Crippen LogP) is 2.66. The topological polar surface area (TPSA) is 20.3 Å². The molecule has 0 spiro atoms. The Morgan fingerprint density at radius 2 is 2.00 bits per heavy atom. The molecule has 1 amide bonds. The van der Waals surface area contributed by atoms with Gasteiger partial charge >= 0.3 is 0 Å². The lowest BCUT2D eigenvalue weighted by molar-refractivity contribution is -0.128. The molecule has 2 heteroatoms. The van der Waals surface area contributed by atoms with Gasteiger partial charge in [0, 0.05) is 25.4 Å². The van der Waals surface area contributed by atoms with E-state index in [1.54, 1.807) is 0 Å². The Hall–Kier alpha value is -1.31. The number of nitrogens with zero attached hydrogens (tertiary/aromatic N) is 1. The van der Waals surface area contributed by atoms with Crippen LogP contribution in [0.25, 0.3) is 0 Å². The zero-order valence-electron chi connectivity index (χ0n) is 10.0. The molecule has 2 rings (SSSR count). The standard InChI is InChI=1S/C14H19NO/c1-11(2)9-15-10-13(8-14(15)16)12-6-4-3-5-7-12/h3-7,11,13H,8-10H2,1-2H3. The highest BCUT2D eigenvalue weighted by molar-refractivity contribution is 5.79. The molecule has 1 atom stereocenters. The quantitative estimate of drug-likeness (QED) is 0.762. The molecule has 86 valence electrons. The minimum absolute atomic E-state index is 0.308. The van der Waals surface area contributed by atoms with Gasteiger partial charge in [0.15, 0.2) is 0 Å². The molecule has 1 aromatic carbocycles. The van der Waals surface area contributed by atoms with E-state index in [9.17, 15) is 4.79 Å². The number of likely N-dealkylation sites (tertiary alicyclic amines) is 1. The molecule has 0 bridgehead atoms. The van der Waals surface area contributed by atoms with Gasteiger partial charge in [-0.25, -0.2) is 0 Å². The molecule has 0 aromatic heterocycles. The molecule has 1 unspecified atom stereocenters. The molecule has 2 nitrogen and oxygen atoms in total. The molecule has 0 radical (unpaired) electrons. The number of amides is 1. The molecule has 1 saturated heterocycles. The van der Waals surface area contributed by atoms with Gasteiger partial charge in [0.2, 0.25) is 5.91 Å². The molecule has 1 fully saturated rings. The molecule has 1 aromatic rings. The van der Waals surface area contributed by atoms with E-state index >= 15 is 0 Å². The van der Waals surface area contributed by atoms with Crippen molar-refractivity contribution >= 4 is 5.91 Å². The molecule has 1 aliphatic rings. The summed E-state index contributed by atoms with van der Waals surface area (Å²) in [5.41, 5.74) is 1.29. The second-order valence-electron chi connectivity index (χ2n) is 5.00. The van der Waals surface area contributed by atoms with Crippen molar-refractivity contribution in [1.29, 1.82) is 0 Å². The summed E-state index contributed by atoms with van der Waals surface area (Å²) in [6.07, 6.45) is 0.677. The maximum Gasteiger partial charge on any atom is 0.223 e. The summed E-state index contributed by atoms with van der Waals surface area (Å²) in [6, 6.07) is 10.4. The third-order valence-corrected chi connectivity index (χ3v) is 3.07. The highest BCUT2D eigenvalue weighted by Gasteiger charge is 2.30. The van der Waals surface area contributed by atoms with Gasteiger partial charge in [0.1, 0.15) is 0 Å². The van der Waals surface area contributed by atoms with Crippen molar-refractivity contribution < 1.29 is 4.79 Å². The van der Waals surface area contributed by atoms with E-state index < -0.39 is 0 Å². The van der Waals surface area contributed by atoms with E-state index in [2.05, 4.69) is 26.0 Å². The second-order valence-corrected chi connectivity index (χ2v) is 5.00. The summed E-state index contributed by atoms with van der Waals surface area (Å²) in [4.78, 5) is 13.8. The fourth-order valence-corrected chi connectivity index (χ4v) is 2.34. The van der Waals surface area contributed by atoms with Gasteiger partial charge in [-0.15, -0.1) is 0 Å². The van der Waals surface area contributed by atoms with E-state index in [0.29, 0.717) is 24.2 Å². The van der Waals surface area contributed by atoms with Gasteiger partial charge in [0.25, 0.3) is 0 Å². The molecular weight excluding hydrogens is 198 g/mol. The number of carbonyl (C=O) groups excluding carboxylic acids is 1. The number of carbonyl (C=O) groups is 1. The van der Waals surface area contributed by atoms with Gasteiger partial charge in [0.05, 0.1) is 0 Å². The maximum absolute atomic E-state index is 11.8. The highest BCUT2D eigenvalue weighted by Crippen LogP contribution is 2.28. The zero-order valence-corrected chi connectivity index (χ0v) is 10.0. The van der Waals surface area contributed by atoms with Gasteiger partial charge in [-0.3, -0.25) is 4.79 Å². The van der Waals surface area contributed by atoms with E-state index in [-0.39, 0.29) is 0 Å². The Bertz CT molecular complexity index is 358. The Labute approximate surface area is 97.3 Å². The Morgan fingerprint density at radius 1 is 1.31 bits per heavy atom. The van der Waals surface area contributed by atoms with Gasteiger partial charge in [-0.05, 0) is 11.5 Å². The van der Waals surface area contributed by atoms with E-state index in [0.717, 1.165) is 13.1 Å². The lowest BCUT2D eigenvalue weighted by Gasteiger charge is -2.18. The van der Waals surface area contributed by atoms with Gasteiger partial charge in [-0.2, -0.15) is 0 Å². The molecule has 0 N–H and O–H groups in total. The molecule has 1 heterocycles. The van der Waals surface area contributed by atoms with Gasteiger partial charge in [-0.1, -0.05) is 44.2 Å². The summed E-state index contributed by atoms with van der Waals surface area (Å²) in [6.45, 7) is 6.09. The van der Waals surface area contributed by atoms with Crippen molar-refractivity contribution in [3.05, 3.63) is 35.9 Å². The third kappa shape index (κ3) is 2.43. The first kappa shape index (κ1) is 11.2. The monoisotopic (exact) mass is 217 g/mol. The summed E-state index contributed by atoms with van der Waals surface area (Å²) in [7, 11) is 0. The number of rotatable bonds is 3. The minimum Gasteiger partial charge on any atom is -0.342 e. The lowest BCUT2D eigenvalue weighted by atomic mass is 9.98. The fourth-order valence-electron chi connectivity index (χ4n) is 2.34. The zero-order chi connectivity index (χ0) is 11.5.